The molecule has 0 saturated carbocycles. The zero-order valence-electron chi connectivity index (χ0n) is 11.9. The van der Waals surface area contributed by atoms with Crippen molar-refractivity contribution in [2.45, 2.75) is 29.9 Å². The Morgan fingerprint density at radius 2 is 2.45 bits per heavy atom. The zero-order chi connectivity index (χ0) is 14.7. The second-order valence-corrected chi connectivity index (χ2v) is 6.61. The molecule has 2 aliphatic rings. The lowest BCUT2D eigenvalue weighted by Gasteiger charge is -2.30. The van der Waals surface area contributed by atoms with E-state index < -0.39 is 0 Å². The van der Waals surface area contributed by atoms with Crippen LogP contribution in [0.25, 0.3) is 0 Å². The van der Waals surface area contributed by atoms with Crippen molar-refractivity contribution >= 4 is 18.0 Å². The summed E-state index contributed by atoms with van der Waals surface area (Å²) in [6.45, 7) is 3.22. The van der Waals surface area contributed by atoms with Crippen LogP contribution < -0.4 is 16.8 Å². The first-order valence-corrected chi connectivity index (χ1v) is 7.62. The minimum Gasteiger partial charge on any atom is -0.404 e. The van der Waals surface area contributed by atoms with E-state index in [1.54, 1.807) is 0 Å². The first kappa shape index (κ1) is 15.1. The van der Waals surface area contributed by atoms with Crippen LogP contribution in [0.3, 0.4) is 0 Å². The Bertz CT molecular complexity index is 436. The molecule has 7 heteroatoms. The second-order valence-electron chi connectivity index (χ2n) is 5.23. The second kappa shape index (κ2) is 6.41. The van der Waals surface area contributed by atoms with Gasteiger partial charge >= 0.3 is 0 Å². The Balaban J connectivity index is 1.84. The molecule has 2 aliphatic heterocycles. The van der Waals surface area contributed by atoms with Crippen molar-refractivity contribution < 1.29 is 4.74 Å². The number of rotatable bonds is 6. The monoisotopic (exact) mass is 297 g/mol. The van der Waals surface area contributed by atoms with Crippen LogP contribution >= 0.6 is 11.8 Å². The molecule has 6 N–H and O–H groups in total. The largest absolute Gasteiger partial charge is 0.404 e. The molecule has 1 fully saturated rings. The molecular formula is C13H23N5OS. The fourth-order valence-corrected chi connectivity index (χ4v) is 3.58. The summed E-state index contributed by atoms with van der Waals surface area (Å²) >= 11 is 1.86. The van der Waals surface area contributed by atoms with E-state index >= 15 is 0 Å². The Kier molecular flexibility index (Phi) is 4.82. The van der Waals surface area contributed by atoms with Gasteiger partial charge in [-0.05, 0) is 25.1 Å². The van der Waals surface area contributed by atoms with Crippen LogP contribution in [-0.4, -0.2) is 48.0 Å². The molecule has 0 aromatic carbocycles. The van der Waals surface area contributed by atoms with E-state index in [0.717, 1.165) is 23.5 Å². The summed E-state index contributed by atoms with van der Waals surface area (Å²) < 4.78 is 5.45. The first-order valence-electron chi connectivity index (χ1n) is 6.68. The molecule has 2 heterocycles. The highest BCUT2D eigenvalue weighted by Gasteiger charge is 2.41. The van der Waals surface area contributed by atoms with Gasteiger partial charge in [0.15, 0.2) is 0 Å². The third kappa shape index (κ3) is 3.40. The number of nitrogens with one attached hydrogen (secondary N) is 2. The predicted octanol–water partition coefficient (Wildman–Crippen LogP) is 0.378. The van der Waals surface area contributed by atoms with Crippen LogP contribution in [-0.2, 0) is 4.74 Å². The van der Waals surface area contributed by atoms with Crippen molar-refractivity contribution in [2.24, 2.45) is 11.5 Å². The summed E-state index contributed by atoms with van der Waals surface area (Å²) in [4.78, 5) is 1.89. The fourth-order valence-electron chi connectivity index (χ4n) is 2.32. The summed E-state index contributed by atoms with van der Waals surface area (Å²) in [5, 5.41) is 11.6. The maximum Gasteiger partial charge on any atom is 0.122 e. The molecule has 0 aromatic rings. The molecule has 20 heavy (non-hydrogen) atoms. The maximum absolute atomic E-state index is 7.31. The van der Waals surface area contributed by atoms with E-state index in [1.165, 1.54) is 12.4 Å². The number of hydrogen-bond donors (Lipinski definition) is 4. The van der Waals surface area contributed by atoms with Crippen LogP contribution in [0, 0.1) is 5.41 Å². The Morgan fingerprint density at radius 1 is 1.70 bits per heavy atom. The molecule has 0 spiro atoms. The lowest BCUT2D eigenvalue weighted by Crippen LogP contribution is -2.40. The molecule has 0 aromatic heterocycles. The van der Waals surface area contributed by atoms with Crippen LogP contribution in [0.2, 0.25) is 0 Å². The van der Waals surface area contributed by atoms with Crippen LogP contribution in [0.1, 0.15) is 13.3 Å². The highest BCUT2D eigenvalue weighted by Crippen LogP contribution is 2.48. The van der Waals surface area contributed by atoms with Gasteiger partial charge in [-0.3, -0.25) is 0 Å². The molecule has 1 unspecified atom stereocenters. The molecule has 0 bridgehead atoms. The Morgan fingerprint density at radius 3 is 3.10 bits per heavy atom. The average molecular weight is 297 g/mol. The number of hydrogen-bond acceptors (Lipinski definition) is 7. The van der Waals surface area contributed by atoms with Gasteiger partial charge in [-0.15, -0.1) is 11.8 Å². The van der Waals surface area contributed by atoms with Crippen LogP contribution in [0.5, 0.6) is 0 Å². The quantitative estimate of drug-likeness (QED) is 0.418. The third-order valence-corrected chi connectivity index (χ3v) is 4.92. The Labute approximate surface area is 124 Å². The summed E-state index contributed by atoms with van der Waals surface area (Å²) in [5.41, 5.74) is 13.4. The Hall–Kier alpha value is -1.34. The van der Waals surface area contributed by atoms with Crippen molar-refractivity contribution in [3.05, 3.63) is 23.3 Å². The summed E-state index contributed by atoms with van der Waals surface area (Å²) in [6, 6.07) is 0.311. The molecule has 112 valence electrons. The molecule has 0 radical (unpaired) electrons. The smallest absolute Gasteiger partial charge is 0.122 e. The van der Waals surface area contributed by atoms with Gasteiger partial charge in [-0.25, -0.2) is 0 Å². The molecular weight excluding hydrogens is 274 g/mol. The maximum atomic E-state index is 7.31. The fraction of sp³-hybridized carbons (Fsp3) is 0.615. The van der Waals surface area contributed by atoms with Crippen LogP contribution in [0.15, 0.2) is 23.3 Å². The number of nitrogens with two attached hydrogens (primary N) is 2. The van der Waals surface area contributed by atoms with Gasteiger partial charge in [-0.2, -0.15) is 0 Å². The van der Waals surface area contributed by atoms with Crippen molar-refractivity contribution in [2.75, 3.05) is 20.4 Å². The van der Waals surface area contributed by atoms with E-state index in [4.69, 9.17) is 21.6 Å². The van der Waals surface area contributed by atoms with Crippen molar-refractivity contribution in [3.63, 3.8) is 0 Å². The van der Waals surface area contributed by atoms with Crippen molar-refractivity contribution in [1.82, 2.24) is 10.2 Å². The lowest BCUT2D eigenvalue weighted by molar-refractivity contribution is 0.0484. The summed E-state index contributed by atoms with van der Waals surface area (Å²) in [7, 11) is 1.91. The summed E-state index contributed by atoms with van der Waals surface area (Å²) in [5.74, 6) is 0.755. The standard InChI is InChI=1S/C13H23N5OS/c1-8(3-11-12(20-11)9(4-14)5-15)17-10-6-19-7-18(2)13(10)16/h4-5,8,11-12,14,17H,3,6-7,15-16H2,1-2H3/b9-5+,14-4?/t8-,11?,12+/m0/s1. The van der Waals surface area contributed by atoms with Gasteiger partial charge in [0, 0.05) is 29.8 Å². The number of thioether (sulfide) groups is 1. The summed E-state index contributed by atoms with van der Waals surface area (Å²) in [6.07, 6.45) is 3.90. The third-order valence-electron chi connectivity index (χ3n) is 3.53. The van der Waals surface area contributed by atoms with Gasteiger partial charge < -0.3 is 31.8 Å². The molecule has 0 amide bonds. The molecule has 0 aliphatic carbocycles. The minimum atomic E-state index is 0.311. The van der Waals surface area contributed by atoms with E-state index in [9.17, 15) is 0 Å². The normalized spacial score (nSPS) is 28.3. The predicted molar refractivity (Wildman–Crippen MR) is 83.2 cm³/mol. The van der Waals surface area contributed by atoms with Crippen molar-refractivity contribution in [3.8, 4) is 0 Å². The number of ether oxygens (including phenoxy) is 1. The van der Waals surface area contributed by atoms with Gasteiger partial charge in [0.1, 0.15) is 12.6 Å². The first-order chi connectivity index (χ1) is 9.56. The van der Waals surface area contributed by atoms with Gasteiger partial charge in [0.05, 0.1) is 12.3 Å². The molecule has 6 nitrogen and oxygen atoms in total. The van der Waals surface area contributed by atoms with Crippen LogP contribution in [0.4, 0.5) is 0 Å². The van der Waals surface area contributed by atoms with Gasteiger partial charge in [0.25, 0.3) is 0 Å². The highest BCUT2D eigenvalue weighted by atomic mass is 32.2. The van der Waals surface area contributed by atoms with E-state index in [0.29, 0.717) is 29.9 Å². The van der Waals surface area contributed by atoms with E-state index in [2.05, 4.69) is 12.2 Å². The zero-order valence-corrected chi connectivity index (χ0v) is 12.7. The average Bonchev–Trinajstić information content (AvgIpc) is 3.15. The SMILES string of the molecule is C[C@@H](CC1S[C@@H]1/C(C=N)=C/N)NC1=C(N)N(C)COC1. The highest BCUT2D eigenvalue weighted by molar-refractivity contribution is 8.08. The van der Waals surface area contributed by atoms with Crippen molar-refractivity contribution in [1.29, 1.82) is 5.41 Å². The topological polar surface area (TPSA) is 100 Å². The minimum absolute atomic E-state index is 0.311. The molecule has 1 saturated heterocycles. The lowest BCUT2D eigenvalue weighted by atomic mass is 10.1. The van der Waals surface area contributed by atoms with Gasteiger partial charge in [0.2, 0.25) is 0 Å². The van der Waals surface area contributed by atoms with E-state index in [-0.39, 0.29) is 0 Å². The van der Waals surface area contributed by atoms with E-state index in [1.807, 2.05) is 23.7 Å². The molecule has 3 atom stereocenters. The molecule has 2 rings (SSSR count). The number of nitrogens with zero attached hydrogens (tertiary/aromatic N) is 1. The van der Waals surface area contributed by atoms with Gasteiger partial charge in [-0.1, -0.05) is 0 Å².